The van der Waals surface area contributed by atoms with Gasteiger partial charge in [0.2, 0.25) is 0 Å². The van der Waals surface area contributed by atoms with Crippen LogP contribution < -0.4 is 0 Å². The summed E-state index contributed by atoms with van der Waals surface area (Å²) in [6.07, 6.45) is 0. The molecule has 0 saturated heterocycles. The number of hydrogen-bond donors (Lipinski definition) is 0. The predicted octanol–water partition coefficient (Wildman–Crippen LogP) is 3.96. The highest BCUT2D eigenvalue weighted by molar-refractivity contribution is 9.10. The molecule has 66 valence electrons. The smallest absolute Gasteiger partial charge is 0.129 e. The van der Waals surface area contributed by atoms with E-state index in [1.807, 2.05) is 18.2 Å². The average Bonchev–Trinajstić information content (AvgIpc) is 2.02. The molecule has 0 spiro atoms. The molecule has 0 saturated carbocycles. The molecular weight excluding hydrogens is 249 g/mol. The number of benzene rings is 1. The molecule has 0 unspecified atom stereocenters. The fraction of sp³-hybridized carbons (Fsp3) is 0.100. The summed E-state index contributed by atoms with van der Waals surface area (Å²) >= 11 is 9.22. The third kappa shape index (κ3) is 1.69. The van der Waals surface area contributed by atoms with Crippen molar-refractivity contribution in [3.05, 3.63) is 39.5 Å². The zero-order valence-electron chi connectivity index (χ0n) is 7.01. The van der Waals surface area contributed by atoms with Gasteiger partial charge in [-0.2, -0.15) is 0 Å². The van der Waals surface area contributed by atoms with Gasteiger partial charge in [-0.3, -0.25) is 0 Å². The van der Waals surface area contributed by atoms with E-state index in [0.29, 0.717) is 5.15 Å². The SMILES string of the molecule is Cc1cc(Br)cc2nc(Cl)ccc12. The fourth-order valence-corrected chi connectivity index (χ4v) is 2.06. The Morgan fingerprint density at radius 1 is 1.31 bits per heavy atom. The van der Waals surface area contributed by atoms with Crippen molar-refractivity contribution in [3.8, 4) is 0 Å². The first-order valence-corrected chi connectivity index (χ1v) is 5.06. The molecule has 2 rings (SSSR count). The van der Waals surface area contributed by atoms with Crippen LogP contribution in [-0.4, -0.2) is 4.98 Å². The van der Waals surface area contributed by atoms with Gasteiger partial charge >= 0.3 is 0 Å². The molecule has 1 heterocycles. The first-order valence-electron chi connectivity index (χ1n) is 3.89. The van der Waals surface area contributed by atoms with Gasteiger partial charge in [-0.25, -0.2) is 4.98 Å². The highest BCUT2D eigenvalue weighted by Gasteiger charge is 2.00. The van der Waals surface area contributed by atoms with Crippen LogP contribution >= 0.6 is 27.5 Å². The first-order chi connectivity index (χ1) is 6.16. The molecule has 2 aromatic rings. The Morgan fingerprint density at radius 3 is 2.85 bits per heavy atom. The number of rotatable bonds is 0. The molecule has 1 aromatic carbocycles. The van der Waals surface area contributed by atoms with Crippen LogP contribution in [0, 0.1) is 6.92 Å². The number of fused-ring (bicyclic) bond motifs is 1. The second-order valence-electron chi connectivity index (χ2n) is 2.92. The normalized spacial score (nSPS) is 10.7. The Balaban J connectivity index is 2.86. The molecule has 0 N–H and O–H groups in total. The summed E-state index contributed by atoms with van der Waals surface area (Å²) in [6.45, 7) is 2.06. The van der Waals surface area contributed by atoms with Gasteiger partial charge in [-0.1, -0.05) is 27.5 Å². The van der Waals surface area contributed by atoms with Crippen molar-refractivity contribution in [1.29, 1.82) is 0 Å². The summed E-state index contributed by atoms with van der Waals surface area (Å²) in [5.74, 6) is 0. The molecule has 3 heteroatoms. The first kappa shape index (κ1) is 8.97. The Labute approximate surface area is 89.9 Å². The Morgan fingerprint density at radius 2 is 2.08 bits per heavy atom. The number of halogens is 2. The van der Waals surface area contributed by atoms with E-state index in [-0.39, 0.29) is 0 Å². The van der Waals surface area contributed by atoms with Gasteiger partial charge in [0.15, 0.2) is 0 Å². The third-order valence-electron chi connectivity index (χ3n) is 1.94. The quantitative estimate of drug-likeness (QED) is 0.650. The summed E-state index contributed by atoms with van der Waals surface area (Å²) in [4.78, 5) is 4.23. The van der Waals surface area contributed by atoms with E-state index in [9.17, 15) is 0 Å². The van der Waals surface area contributed by atoms with E-state index in [1.54, 1.807) is 0 Å². The van der Waals surface area contributed by atoms with Crippen LogP contribution in [0.5, 0.6) is 0 Å². The zero-order chi connectivity index (χ0) is 9.42. The van der Waals surface area contributed by atoms with Crippen molar-refractivity contribution in [3.63, 3.8) is 0 Å². The molecule has 0 aliphatic heterocycles. The van der Waals surface area contributed by atoms with Gasteiger partial charge in [0.1, 0.15) is 5.15 Å². The number of pyridine rings is 1. The minimum absolute atomic E-state index is 0.532. The number of aryl methyl sites for hydroxylation is 1. The molecular formula is C10H7BrClN. The van der Waals surface area contributed by atoms with Crippen LogP contribution in [0.15, 0.2) is 28.7 Å². The fourth-order valence-electron chi connectivity index (χ4n) is 1.35. The molecule has 0 radical (unpaired) electrons. The van der Waals surface area contributed by atoms with Crippen molar-refractivity contribution in [1.82, 2.24) is 4.98 Å². The van der Waals surface area contributed by atoms with Gasteiger partial charge < -0.3 is 0 Å². The molecule has 0 aliphatic carbocycles. The number of nitrogens with zero attached hydrogens (tertiary/aromatic N) is 1. The second-order valence-corrected chi connectivity index (χ2v) is 4.23. The Bertz CT molecular complexity index is 462. The van der Waals surface area contributed by atoms with Gasteiger partial charge in [0, 0.05) is 9.86 Å². The van der Waals surface area contributed by atoms with Crippen molar-refractivity contribution < 1.29 is 0 Å². The van der Waals surface area contributed by atoms with Crippen molar-refractivity contribution >= 4 is 38.4 Å². The van der Waals surface area contributed by atoms with E-state index in [1.165, 1.54) is 5.56 Å². The summed E-state index contributed by atoms with van der Waals surface area (Å²) in [7, 11) is 0. The molecule has 0 atom stereocenters. The standard InChI is InChI=1S/C10H7BrClN/c1-6-4-7(11)5-9-8(6)2-3-10(12)13-9/h2-5H,1H3. The van der Waals surface area contributed by atoms with Crippen LogP contribution in [-0.2, 0) is 0 Å². The topological polar surface area (TPSA) is 12.9 Å². The largest absolute Gasteiger partial charge is 0.236 e. The molecule has 1 nitrogen and oxygen atoms in total. The third-order valence-corrected chi connectivity index (χ3v) is 2.61. The molecule has 0 fully saturated rings. The highest BCUT2D eigenvalue weighted by atomic mass is 79.9. The maximum Gasteiger partial charge on any atom is 0.129 e. The summed E-state index contributed by atoms with van der Waals surface area (Å²) in [5.41, 5.74) is 2.13. The van der Waals surface area contributed by atoms with Crippen molar-refractivity contribution in [2.24, 2.45) is 0 Å². The van der Waals surface area contributed by atoms with Crippen LogP contribution in [0.3, 0.4) is 0 Å². The van der Waals surface area contributed by atoms with E-state index in [2.05, 4.69) is 33.9 Å². The highest BCUT2D eigenvalue weighted by Crippen LogP contribution is 2.23. The lowest BCUT2D eigenvalue weighted by atomic mass is 10.1. The van der Waals surface area contributed by atoms with Crippen LogP contribution in [0.2, 0.25) is 5.15 Å². The average molecular weight is 257 g/mol. The van der Waals surface area contributed by atoms with Gasteiger partial charge in [-0.15, -0.1) is 0 Å². The summed E-state index contributed by atoms with van der Waals surface area (Å²) in [5, 5.41) is 1.68. The van der Waals surface area contributed by atoms with Crippen molar-refractivity contribution in [2.75, 3.05) is 0 Å². The minimum Gasteiger partial charge on any atom is -0.236 e. The Kier molecular flexibility index (Phi) is 2.26. The van der Waals surface area contributed by atoms with Crippen LogP contribution in [0.1, 0.15) is 5.56 Å². The molecule has 1 aromatic heterocycles. The Hall–Kier alpha value is -0.600. The van der Waals surface area contributed by atoms with Gasteiger partial charge in [0.25, 0.3) is 0 Å². The number of aromatic nitrogens is 1. The summed E-state index contributed by atoms with van der Waals surface area (Å²) < 4.78 is 1.03. The van der Waals surface area contributed by atoms with Crippen LogP contribution in [0.4, 0.5) is 0 Å². The lowest BCUT2D eigenvalue weighted by Crippen LogP contribution is -1.83. The molecule has 0 amide bonds. The minimum atomic E-state index is 0.532. The van der Waals surface area contributed by atoms with Crippen molar-refractivity contribution in [2.45, 2.75) is 6.92 Å². The number of hydrogen-bond acceptors (Lipinski definition) is 1. The lowest BCUT2D eigenvalue weighted by molar-refractivity contribution is 1.38. The summed E-state index contributed by atoms with van der Waals surface area (Å²) in [6, 6.07) is 7.84. The van der Waals surface area contributed by atoms with E-state index in [0.717, 1.165) is 15.4 Å². The maximum atomic E-state index is 5.80. The molecule has 0 aliphatic rings. The lowest BCUT2D eigenvalue weighted by Gasteiger charge is -2.02. The molecule has 13 heavy (non-hydrogen) atoms. The van der Waals surface area contributed by atoms with E-state index < -0.39 is 0 Å². The van der Waals surface area contributed by atoms with E-state index in [4.69, 9.17) is 11.6 Å². The monoisotopic (exact) mass is 255 g/mol. The van der Waals surface area contributed by atoms with E-state index >= 15 is 0 Å². The second kappa shape index (κ2) is 3.28. The van der Waals surface area contributed by atoms with Gasteiger partial charge in [-0.05, 0) is 36.8 Å². The van der Waals surface area contributed by atoms with Gasteiger partial charge in [0.05, 0.1) is 5.52 Å². The predicted molar refractivity (Wildman–Crippen MR) is 59.2 cm³/mol. The maximum absolute atomic E-state index is 5.80. The zero-order valence-corrected chi connectivity index (χ0v) is 9.35. The molecule has 0 bridgehead atoms. The van der Waals surface area contributed by atoms with Crippen LogP contribution in [0.25, 0.3) is 10.9 Å².